The second kappa shape index (κ2) is 10.6. The van der Waals surface area contributed by atoms with Crippen LogP contribution < -0.4 is 0 Å². The van der Waals surface area contributed by atoms with Crippen LogP contribution >= 0.6 is 0 Å². The third-order valence-electron chi connectivity index (χ3n) is 7.32. The molecule has 1 aliphatic heterocycles. The largest absolute Gasteiger partial charge is 0.417 e. The molecule has 36 heavy (non-hydrogen) atoms. The lowest BCUT2D eigenvalue weighted by molar-refractivity contribution is -0.137. The van der Waals surface area contributed by atoms with E-state index in [0.29, 0.717) is 24.3 Å². The summed E-state index contributed by atoms with van der Waals surface area (Å²) in [5.74, 6) is 0.564. The molecule has 0 amide bonds. The van der Waals surface area contributed by atoms with Crippen molar-refractivity contribution in [1.82, 2.24) is 9.88 Å². The number of likely N-dealkylation sites (tertiary alicyclic amines) is 1. The van der Waals surface area contributed by atoms with Crippen molar-refractivity contribution in [2.75, 3.05) is 26.3 Å². The van der Waals surface area contributed by atoms with Gasteiger partial charge in [0.1, 0.15) is 0 Å². The molecule has 1 saturated heterocycles. The summed E-state index contributed by atoms with van der Waals surface area (Å²) in [5.41, 5.74) is 5.41. The molecule has 0 unspecified atom stereocenters. The lowest BCUT2D eigenvalue weighted by Gasteiger charge is -2.39. The molecule has 1 fully saturated rings. The van der Waals surface area contributed by atoms with E-state index in [1.807, 2.05) is 18.2 Å². The van der Waals surface area contributed by atoms with Crippen LogP contribution in [0.1, 0.15) is 52.6 Å². The number of hydrogen-bond donors (Lipinski definition) is 0. The van der Waals surface area contributed by atoms with E-state index in [4.69, 9.17) is 0 Å². The van der Waals surface area contributed by atoms with Gasteiger partial charge in [-0.2, -0.15) is 13.2 Å². The number of hydrogen-bond acceptors (Lipinski definition) is 2. The van der Waals surface area contributed by atoms with Crippen LogP contribution in [0.3, 0.4) is 0 Å². The van der Waals surface area contributed by atoms with Gasteiger partial charge in [0.05, 0.1) is 12.2 Å². The summed E-state index contributed by atoms with van der Waals surface area (Å²) >= 11 is 0. The van der Waals surface area contributed by atoms with Gasteiger partial charge in [0.2, 0.25) is 0 Å². The molecule has 0 atom stereocenters. The van der Waals surface area contributed by atoms with Gasteiger partial charge in [-0.05, 0) is 77.5 Å². The van der Waals surface area contributed by atoms with E-state index < -0.39 is 11.7 Å². The van der Waals surface area contributed by atoms with Crippen LogP contribution in [0.2, 0.25) is 0 Å². The van der Waals surface area contributed by atoms with Crippen molar-refractivity contribution in [3.05, 3.63) is 100 Å². The Hall–Kier alpha value is -2.99. The minimum Gasteiger partial charge on any atom is -0.303 e. The smallest absolute Gasteiger partial charge is 0.303 e. The number of aromatic nitrogens is 1. The minimum absolute atomic E-state index is 0.170. The highest BCUT2D eigenvalue weighted by Gasteiger charge is 2.35. The molecule has 188 valence electrons. The molecule has 0 spiro atoms. The summed E-state index contributed by atoms with van der Waals surface area (Å²) in [4.78, 5) is 6.36. The molecule has 0 saturated carbocycles. The first-order chi connectivity index (χ1) is 17.4. The van der Waals surface area contributed by atoms with Gasteiger partial charge in [-0.1, -0.05) is 48.5 Å². The first kappa shape index (κ1) is 24.7. The highest BCUT2D eigenvalue weighted by atomic mass is 19.4. The van der Waals surface area contributed by atoms with E-state index in [2.05, 4.69) is 40.2 Å². The first-order valence-corrected chi connectivity index (χ1v) is 12.6. The molecule has 0 radical (unpaired) electrons. The summed E-state index contributed by atoms with van der Waals surface area (Å²) in [6, 6.07) is 17.4. The Labute approximate surface area is 209 Å². The Morgan fingerprint density at radius 1 is 0.917 bits per heavy atom. The molecule has 0 bridgehead atoms. The number of pyridine rings is 1. The molecule has 6 heteroatoms. The summed E-state index contributed by atoms with van der Waals surface area (Å²) in [7, 11) is 0. The van der Waals surface area contributed by atoms with Gasteiger partial charge in [0, 0.05) is 37.6 Å². The third-order valence-corrected chi connectivity index (χ3v) is 7.32. The molecule has 5 rings (SSSR count). The fraction of sp³-hybridized carbons (Fsp3) is 0.367. The highest BCUT2D eigenvalue weighted by molar-refractivity contribution is 6.00. The predicted octanol–water partition coefficient (Wildman–Crippen LogP) is 7.23. The molecule has 2 aliphatic rings. The molecule has 2 aromatic carbocycles. The van der Waals surface area contributed by atoms with Crippen LogP contribution in [0.15, 0.2) is 67.0 Å². The second-order valence-electron chi connectivity index (χ2n) is 9.85. The van der Waals surface area contributed by atoms with Crippen molar-refractivity contribution in [3.63, 3.8) is 0 Å². The van der Waals surface area contributed by atoms with Gasteiger partial charge in [-0.25, -0.2) is 0 Å². The maximum Gasteiger partial charge on any atom is 0.417 e. The van der Waals surface area contributed by atoms with E-state index in [9.17, 15) is 17.6 Å². The topological polar surface area (TPSA) is 16.1 Å². The average molecular weight is 495 g/mol. The Kier molecular flexibility index (Phi) is 7.24. The number of aryl methyl sites for hydroxylation is 1. The lowest BCUT2D eigenvalue weighted by Crippen LogP contribution is -2.47. The van der Waals surface area contributed by atoms with E-state index in [1.54, 1.807) is 0 Å². The van der Waals surface area contributed by atoms with Gasteiger partial charge in [0.15, 0.2) is 0 Å². The second-order valence-corrected chi connectivity index (χ2v) is 9.85. The predicted molar refractivity (Wildman–Crippen MR) is 135 cm³/mol. The fourth-order valence-electron chi connectivity index (χ4n) is 5.62. The first-order valence-electron chi connectivity index (χ1n) is 12.6. The van der Waals surface area contributed by atoms with Crippen LogP contribution in [0.5, 0.6) is 0 Å². The lowest BCUT2D eigenvalue weighted by atomic mass is 9.86. The summed E-state index contributed by atoms with van der Waals surface area (Å²) in [5, 5.41) is 0. The zero-order chi connectivity index (χ0) is 25.1. The van der Waals surface area contributed by atoms with Crippen molar-refractivity contribution in [2.24, 2.45) is 5.92 Å². The number of alkyl halides is 4. The zero-order valence-corrected chi connectivity index (χ0v) is 20.2. The van der Waals surface area contributed by atoms with Gasteiger partial charge in [-0.3, -0.25) is 9.37 Å². The quantitative estimate of drug-likeness (QED) is 0.322. The van der Waals surface area contributed by atoms with Crippen molar-refractivity contribution in [1.29, 1.82) is 0 Å². The minimum atomic E-state index is -4.45. The highest BCUT2D eigenvalue weighted by Crippen LogP contribution is 2.43. The van der Waals surface area contributed by atoms with E-state index in [-0.39, 0.29) is 12.2 Å². The fourth-order valence-corrected chi connectivity index (χ4v) is 5.62. The Morgan fingerprint density at radius 2 is 1.69 bits per heavy atom. The van der Waals surface area contributed by atoms with Crippen molar-refractivity contribution >= 4 is 11.1 Å². The standard InChI is InChI=1S/C30H30F4N2/c31-14-4-16-36-19-22(20-36)17-21-9-11-24(12-10-21)29-25-7-2-1-5-23(25)6-3-8-26(29)27-18-35-15-13-28(27)30(32,33)34/h1-2,5,7,9-13,15,18,22H,3-4,6,8,14,16-17,19-20H2. The number of fused-ring (bicyclic) bond motifs is 1. The van der Waals surface area contributed by atoms with Gasteiger partial charge in [0.25, 0.3) is 0 Å². The maximum atomic E-state index is 14.0. The van der Waals surface area contributed by atoms with Crippen molar-refractivity contribution < 1.29 is 17.6 Å². The number of rotatable bonds is 7. The number of halogens is 4. The van der Waals surface area contributed by atoms with Crippen LogP contribution in [0.4, 0.5) is 17.6 Å². The van der Waals surface area contributed by atoms with Crippen molar-refractivity contribution in [2.45, 2.75) is 38.3 Å². The number of benzene rings is 2. The molecule has 2 nitrogen and oxygen atoms in total. The molecule has 1 aromatic heterocycles. The molecule has 1 aliphatic carbocycles. The molecule has 3 aromatic rings. The Morgan fingerprint density at radius 3 is 2.44 bits per heavy atom. The number of allylic oxidation sites excluding steroid dienone is 1. The van der Waals surface area contributed by atoms with Gasteiger partial charge < -0.3 is 4.90 Å². The Balaban J connectivity index is 1.51. The maximum absolute atomic E-state index is 14.0. The van der Waals surface area contributed by atoms with Gasteiger partial charge >= 0.3 is 6.18 Å². The van der Waals surface area contributed by atoms with Crippen LogP contribution in [-0.4, -0.2) is 36.2 Å². The summed E-state index contributed by atoms with van der Waals surface area (Å²) < 4.78 is 54.3. The Bertz CT molecular complexity index is 1220. The monoisotopic (exact) mass is 494 g/mol. The zero-order valence-electron chi connectivity index (χ0n) is 20.2. The molecular weight excluding hydrogens is 464 g/mol. The SMILES string of the molecule is FCCCN1CC(Cc2ccc(C3=C(c4cnccc4C(F)(F)F)CCCc4ccccc43)cc2)C1. The number of nitrogens with zero attached hydrogens (tertiary/aromatic N) is 2. The average Bonchev–Trinajstić information content (AvgIpc) is 3.05. The van der Waals surface area contributed by atoms with Crippen LogP contribution in [0.25, 0.3) is 11.1 Å². The van der Waals surface area contributed by atoms with Crippen LogP contribution in [0, 0.1) is 5.92 Å². The van der Waals surface area contributed by atoms with Gasteiger partial charge in [-0.15, -0.1) is 0 Å². The van der Waals surface area contributed by atoms with E-state index in [0.717, 1.165) is 67.2 Å². The van der Waals surface area contributed by atoms with E-state index >= 15 is 0 Å². The van der Waals surface area contributed by atoms with Crippen LogP contribution in [-0.2, 0) is 19.0 Å². The summed E-state index contributed by atoms with van der Waals surface area (Å²) in [6.07, 6.45) is 1.83. The molecular formula is C30H30F4N2. The molecule has 0 N–H and O–H groups in total. The third kappa shape index (κ3) is 5.24. The molecule has 2 heterocycles. The van der Waals surface area contributed by atoms with Crippen molar-refractivity contribution in [3.8, 4) is 0 Å². The van der Waals surface area contributed by atoms with E-state index in [1.165, 1.54) is 18.0 Å². The normalized spacial score (nSPS) is 17.0. The summed E-state index contributed by atoms with van der Waals surface area (Å²) in [6.45, 7) is 2.53.